The average Bonchev–Trinajstić information content (AvgIpc) is 2.07. The van der Waals surface area contributed by atoms with Gasteiger partial charge in [0.05, 0.1) is 12.2 Å². The number of rotatable bonds is 0. The molecule has 0 saturated heterocycles. The summed E-state index contributed by atoms with van der Waals surface area (Å²) in [6.45, 7) is 0. The lowest BCUT2D eigenvalue weighted by molar-refractivity contribution is -0.114. The molecule has 12 heavy (non-hydrogen) atoms. The van der Waals surface area contributed by atoms with Gasteiger partial charge in [0.15, 0.2) is 0 Å². The highest BCUT2D eigenvalue weighted by atomic mass is 16.4. The molecule has 0 heterocycles. The summed E-state index contributed by atoms with van der Waals surface area (Å²) in [5, 5.41) is 37.0. The van der Waals surface area contributed by atoms with Gasteiger partial charge in [-0.05, 0) is 12.8 Å². The standard InChI is InChI=1S/C8H16O4/c9-5-3-1-2-4-6(10)8(12)7(5)11/h5-12H,1-4H2/t5-,6+,7-,8-/m1/s1. The Kier molecular flexibility index (Phi) is 3.46. The summed E-state index contributed by atoms with van der Waals surface area (Å²) in [5.41, 5.74) is 0. The zero-order valence-electron chi connectivity index (χ0n) is 6.93. The third-order valence-corrected chi connectivity index (χ3v) is 2.39. The van der Waals surface area contributed by atoms with Crippen LogP contribution in [-0.2, 0) is 0 Å². The maximum Gasteiger partial charge on any atom is 0.108 e. The summed E-state index contributed by atoms with van der Waals surface area (Å²) in [5.74, 6) is 0. The highest BCUT2D eigenvalue weighted by Crippen LogP contribution is 2.18. The Labute approximate surface area is 71.5 Å². The zero-order chi connectivity index (χ0) is 9.14. The minimum absolute atomic E-state index is 0.491. The van der Waals surface area contributed by atoms with Crippen molar-refractivity contribution in [2.45, 2.75) is 50.1 Å². The van der Waals surface area contributed by atoms with Crippen LogP contribution >= 0.6 is 0 Å². The van der Waals surface area contributed by atoms with Crippen molar-refractivity contribution in [2.75, 3.05) is 0 Å². The minimum atomic E-state index is -1.21. The van der Waals surface area contributed by atoms with Gasteiger partial charge < -0.3 is 20.4 Å². The molecular weight excluding hydrogens is 160 g/mol. The molecule has 1 aliphatic rings. The molecule has 0 unspecified atom stereocenters. The van der Waals surface area contributed by atoms with Crippen molar-refractivity contribution in [3.05, 3.63) is 0 Å². The van der Waals surface area contributed by atoms with Crippen LogP contribution in [0, 0.1) is 0 Å². The number of hydrogen-bond acceptors (Lipinski definition) is 4. The maximum absolute atomic E-state index is 9.26. The van der Waals surface area contributed by atoms with Gasteiger partial charge in [-0.1, -0.05) is 12.8 Å². The maximum atomic E-state index is 9.26. The lowest BCUT2D eigenvalue weighted by Gasteiger charge is -2.28. The highest BCUT2D eigenvalue weighted by Gasteiger charge is 2.31. The van der Waals surface area contributed by atoms with Gasteiger partial charge in [-0.3, -0.25) is 0 Å². The monoisotopic (exact) mass is 176 g/mol. The first-order valence-electron chi connectivity index (χ1n) is 4.35. The Balaban J connectivity index is 2.55. The SMILES string of the molecule is O[C@H]1[C@H](O)[C@@H](O)CCCC[C@H]1O. The van der Waals surface area contributed by atoms with Gasteiger partial charge >= 0.3 is 0 Å². The van der Waals surface area contributed by atoms with Gasteiger partial charge in [-0.2, -0.15) is 0 Å². The normalized spacial score (nSPS) is 45.0. The molecule has 1 aliphatic carbocycles. The molecule has 0 spiro atoms. The molecule has 1 fully saturated rings. The molecule has 0 aromatic carbocycles. The first-order valence-corrected chi connectivity index (χ1v) is 4.35. The smallest absolute Gasteiger partial charge is 0.108 e. The largest absolute Gasteiger partial charge is 0.390 e. The molecule has 0 bridgehead atoms. The third kappa shape index (κ3) is 2.17. The van der Waals surface area contributed by atoms with Crippen LogP contribution in [0.5, 0.6) is 0 Å². The lowest BCUT2D eigenvalue weighted by atomic mass is 9.92. The Hall–Kier alpha value is -0.160. The molecule has 0 aliphatic heterocycles. The Morgan fingerprint density at radius 3 is 1.33 bits per heavy atom. The van der Waals surface area contributed by atoms with Crippen LogP contribution in [0.4, 0.5) is 0 Å². The third-order valence-electron chi connectivity index (χ3n) is 2.39. The number of hydrogen-bond donors (Lipinski definition) is 4. The van der Waals surface area contributed by atoms with Crippen LogP contribution in [0.3, 0.4) is 0 Å². The van der Waals surface area contributed by atoms with Crippen LogP contribution in [0.25, 0.3) is 0 Å². The molecule has 0 radical (unpaired) electrons. The van der Waals surface area contributed by atoms with E-state index in [0.29, 0.717) is 12.8 Å². The summed E-state index contributed by atoms with van der Waals surface area (Å²) in [6.07, 6.45) is -1.69. The predicted octanol–water partition coefficient (Wildman–Crippen LogP) is -0.996. The van der Waals surface area contributed by atoms with E-state index in [0.717, 1.165) is 12.8 Å². The fourth-order valence-electron chi connectivity index (χ4n) is 1.50. The van der Waals surface area contributed by atoms with Gasteiger partial charge in [0, 0.05) is 0 Å². The van der Waals surface area contributed by atoms with Crippen molar-refractivity contribution in [2.24, 2.45) is 0 Å². The van der Waals surface area contributed by atoms with Gasteiger partial charge in [-0.25, -0.2) is 0 Å². The Morgan fingerprint density at radius 1 is 0.667 bits per heavy atom. The van der Waals surface area contributed by atoms with Crippen LogP contribution in [-0.4, -0.2) is 44.8 Å². The van der Waals surface area contributed by atoms with E-state index >= 15 is 0 Å². The second kappa shape index (κ2) is 4.18. The van der Waals surface area contributed by atoms with E-state index < -0.39 is 24.4 Å². The fraction of sp³-hybridized carbons (Fsp3) is 1.00. The van der Waals surface area contributed by atoms with E-state index in [2.05, 4.69) is 0 Å². The molecule has 0 aromatic heterocycles. The average molecular weight is 176 g/mol. The first kappa shape index (κ1) is 9.92. The quantitative estimate of drug-likeness (QED) is 0.382. The van der Waals surface area contributed by atoms with E-state index in [9.17, 15) is 20.4 Å². The van der Waals surface area contributed by atoms with Gasteiger partial charge in [-0.15, -0.1) is 0 Å². The topological polar surface area (TPSA) is 80.9 Å². The highest BCUT2D eigenvalue weighted by molar-refractivity contribution is 4.82. The van der Waals surface area contributed by atoms with Crippen molar-refractivity contribution < 1.29 is 20.4 Å². The van der Waals surface area contributed by atoms with Crippen molar-refractivity contribution >= 4 is 0 Å². The molecule has 4 heteroatoms. The van der Waals surface area contributed by atoms with E-state index in [1.165, 1.54) is 0 Å². The van der Waals surface area contributed by atoms with Gasteiger partial charge in [0.2, 0.25) is 0 Å². The van der Waals surface area contributed by atoms with E-state index in [-0.39, 0.29) is 0 Å². The molecule has 4 N–H and O–H groups in total. The van der Waals surface area contributed by atoms with Crippen molar-refractivity contribution in [3.8, 4) is 0 Å². The molecule has 1 saturated carbocycles. The lowest BCUT2D eigenvalue weighted by Crippen LogP contribution is -2.45. The summed E-state index contributed by atoms with van der Waals surface area (Å²) in [4.78, 5) is 0. The molecule has 0 amide bonds. The van der Waals surface area contributed by atoms with E-state index in [1.807, 2.05) is 0 Å². The molecule has 4 atom stereocenters. The predicted molar refractivity (Wildman–Crippen MR) is 42.5 cm³/mol. The Morgan fingerprint density at radius 2 is 1.00 bits per heavy atom. The number of aliphatic hydroxyl groups excluding tert-OH is 4. The first-order chi connectivity index (χ1) is 5.63. The van der Waals surface area contributed by atoms with Crippen LogP contribution in [0.1, 0.15) is 25.7 Å². The van der Waals surface area contributed by atoms with Gasteiger partial charge in [0.1, 0.15) is 12.2 Å². The Bertz CT molecular complexity index is 123. The zero-order valence-corrected chi connectivity index (χ0v) is 6.93. The van der Waals surface area contributed by atoms with Crippen LogP contribution in [0.15, 0.2) is 0 Å². The fourth-order valence-corrected chi connectivity index (χ4v) is 1.50. The summed E-state index contributed by atoms with van der Waals surface area (Å²) < 4.78 is 0. The van der Waals surface area contributed by atoms with Gasteiger partial charge in [0.25, 0.3) is 0 Å². The molecule has 72 valence electrons. The van der Waals surface area contributed by atoms with Crippen LogP contribution < -0.4 is 0 Å². The molecular formula is C8H16O4. The summed E-state index contributed by atoms with van der Waals surface area (Å²) in [6, 6.07) is 0. The minimum Gasteiger partial charge on any atom is -0.390 e. The van der Waals surface area contributed by atoms with Crippen molar-refractivity contribution in [1.29, 1.82) is 0 Å². The summed E-state index contributed by atoms with van der Waals surface area (Å²) in [7, 11) is 0. The second-order valence-electron chi connectivity index (χ2n) is 3.40. The second-order valence-corrected chi connectivity index (χ2v) is 3.40. The van der Waals surface area contributed by atoms with Crippen LogP contribution in [0.2, 0.25) is 0 Å². The van der Waals surface area contributed by atoms with E-state index in [1.54, 1.807) is 0 Å². The van der Waals surface area contributed by atoms with Crippen molar-refractivity contribution in [1.82, 2.24) is 0 Å². The number of aliphatic hydroxyl groups is 4. The molecule has 0 aromatic rings. The molecule has 1 rings (SSSR count). The van der Waals surface area contributed by atoms with E-state index in [4.69, 9.17) is 0 Å². The molecule has 4 nitrogen and oxygen atoms in total. The summed E-state index contributed by atoms with van der Waals surface area (Å²) >= 11 is 0. The van der Waals surface area contributed by atoms with Crippen molar-refractivity contribution in [3.63, 3.8) is 0 Å².